The van der Waals surface area contributed by atoms with Gasteiger partial charge in [0.05, 0.1) is 11.8 Å². The van der Waals surface area contributed by atoms with Gasteiger partial charge in [-0.2, -0.15) is 0 Å². The van der Waals surface area contributed by atoms with E-state index in [0.717, 1.165) is 5.56 Å². The third-order valence-corrected chi connectivity index (χ3v) is 6.06. The van der Waals surface area contributed by atoms with E-state index in [9.17, 15) is 19.8 Å². The van der Waals surface area contributed by atoms with Crippen molar-refractivity contribution in [1.29, 1.82) is 0 Å². The number of carbonyl (C=O) groups is 2. The van der Waals surface area contributed by atoms with Crippen molar-refractivity contribution in [2.45, 2.75) is 69.5 Å². The first-order chi connectivity index (χ1) is 13.9. The second kappa shape index (κ2) is 10.0. The number of benzene rings is 1. The van der Waals surface area contributed by atoms with Crippen LogP contribution in [0, 0.1) is 5.92 Å². The average Bonchev–Trinajstić information content (AvgIpc) is 2.92. The highest BCUT2D eigenvalue weighted by Crippen LogP contribution is 2.32. The third kappa shape index (κ3) is 7.49. The monoisotopic (exact) mass is 438 g/mol. The summed E-state index contributed by atoms with van der Waals surface area (Å²) in [6, 6.07) is 8.97. The molecule has 0 aliphatic carbocycles. The van der Waals surface area contributed by atoms with Crippen LogP contribution >= 0.6 is 11.8 Å². The van der Waals surface area contributed by atoms with Gasteiger partial charge < -0.3 is 25.2 Å². The highest BCUT2D eigenvalue weighted by atomic mass is 32.2. The Morgan fingerprint density at radius 3 is 2.47 bits per heavy atom. The van der Waals surface area contributed by atoms with Gasteiger partial charge in [0.25, 0.3) is 0 Å². The summed E-state index contributed by atoms with van der Waals surface area (Å²) in [6.45, 7) is 9.20. The lowest BCUT2D eigenvalue weighted by atomic mass is 10.0. The Labute approximate surface area is 183 Å². The van der Waals surface area contributed by atoms with Gasteiger partial charge in [-0.05, 0) is 38.7 Å². The summed E-state index contributed by atoms with van der Waals surface area (Å²) in [5.74, 6) is -1.54. The second-order valence-electron chi connectivity index (χ2n) is 9.21. The molecule has 2 rings (SSSR count). The predicted octanol–water partition coefficient (Wildman–Crippen LogP) is 2.75. The van der Waals surface area contributed by atoms with Gasteiger partial charge in [0, 0.05) is 12.3 Å². The van der Waals surface area contributed by atoms with Crippen molar-refractivity contribution >= 4 is 23.8 Å². The number of nitrogens with one attached hydrogen (secondary N) is 1. The first kappa shape index (κ1) is 24.5. The Morgan fingerprint density at radius 2 is 1.90 bits per heavy atom. The van der Waals surface area contributed by atoms with Crippen molar-refractivity contribution in [1.82, 2.24) is 10.2 Å². The van der Waals surface area contributed by atoms with Crippen molar-refractivity contribution in [3.8, 4) is 0 Å². The molecule has 2 atom stereocenters. The lowest BCUT2D eigenvalue weighted by molar-refractivity contribution is -0.153. The lowest BCUT2D eigenvalue weighted by Gasteiger charge is -2.27. The molecule has 0 bridgehead atoms. The van der Waals surface area contributed by atoms with Crippen molar-refractivity contribution in [2.75, 3.05) is 13.1 Å². The van der Waals surface area contributed by atoms with E-state index in [1.807, 2.05) is 44.2 Å². The minimum atomic E-state index is -1.98. The molecule has 168 valence electrons. The van der Waals surface area contributed by atoms with Crippen molar-refractivity contribution in [3.63, 3.8) is 0 Å². The number of hydrogen-bond donors (Lipinski definition) is 3. The minimum absolute atomic E-state index is 0.160. The molecule has 1 aliphatic heterocycles. The van der Waals surface area contributed by atoms with Gasteiger partial charge in [-0.25, -0.2) is 4.79 Å². The zero-order valence-corrected chi connectivity index (χ0v) is 19.2. The van der Waals surface area contributed by atoms with E-state index < -0.39 is 28.8 Å². The lowest BCUT2D eigenvalue weighted by Crippen LogP contribution is -2.50. The summed E-state index contributed by atoms with van der Waals surface area (Å²) >= 11 is 1.41. The molecule has 30 heavy (non-hydrogen) atoms. The molecule has 8 heteroatoms. The van der Waals surface area contributed by atoms with Crippen LogP contribution in [0.2, 0.25) is 0 Å². The van der Waals surface area contributed by atoms with Crippen LogP contribution in [0.25, 0.3) is 0 Å². The molecular formula is C22H34N2O5S. The number of carbonyl (C=O) groups excluding carboxylic acids is 2. The maximum absolute atomic E-state index is 13.1. The van der Waals surface area contributed by atoms with Gasteiger partial charge >= 0.3 is 6.09 Å². The van der Waals surface area contributed by atoms with Crippen LogP contribution in [-0.4, -0.2) is 62.9 Å². The summed E-state index contributed by atoms with van der Waals surface area (Å²) in [5, 5.41) is 23.1. The number of nitrogens with zero attached hydrogens (tertiary/aromatic N) is 1. The average molecular weight is 439 g/mol. The molecule has 0 aromatic heterocycles. The molecule has 1 saturated heterocycles. The van der Waals surface area contributed by atoms with Crippen LogP contribution in [0.15, 0.2) is 30.3 Å². The number of ether oxygens (including phenoxy) is 1. The van der Waals surface area contributed by atoms with Crippen LogP contribution in [0.1, 0.15) is 46.6 Å². The van der Waals surface area contributed by atoms with Crippen molar-refractivity contribution < 1.29 is 24.5 Å². The number of amides is 2. The van der Waals surface area contributed by atoms with Crippen LogP contribution in [0.4, 0.5) is 4.79 Å². The zero-order chi connectivity index (χ0) is 22.5. The smallest absolute Gasteiger partial charge is 0.408 e. The molecule has 1 aromatic carbocycles. The number of thioether (sulfide) groups is 1. The maximum atomic E-state index is 13.1. The fourth-order valence-electron chi connectivity index (χ4n) is 3.28. The van der Waals surface area contributed by atoms with E-state index in [-0.39, 0.29) is 24.9 Å². The first-order valence-electron chi connectivity index (χ1n) is 10.3. The van der Waals surface area contributed by atoms with E-state index in [1.165, 1.54) is 16.7 Å². The zero-order valence-electron chi connectivity index (χ0n) is 18.4. The summed E-state index contributed by atoms with van der Waals surface area (Å²) < 4.78 is 5.29. The minimum Gasteiger partial charge on any atom is -0.444 e. The number of hydrogen-bond acceptors (Lipinski definition) is 6. The molecule has 1 fully saturated rings. The summed E-state index contributed by atoms with van der Waals surface area (Å²) in [5.41, 5.74) is 0.403. The van der Waals surface area contributed by atoms with E-state index >= 15 is 0 Å². The molecule has 1 heterocycles. The molecule has 0 spiro atoms. The molecule has 2 amide bonds. The molecular weight excluding hydrogens is 404 g/mol. The number of alkyl carbamates (subject to hydrolysis) is 1. The molecule has 1 aromatic rings. The largest absolute Gasteiger partial charge is 0.444 e. The van der Waals surface area contributed by atoms with Gasteiger partial charge in [0.2, 0.25) is 5.91 Å². The SMILES string of the molecule is CC(C)C[C@H](NC(=O)OC(C)(C)C)C(=O)N1CC(SCc2ccccc2)C(O)(O)C1. The Bertz CT molecular complexity index is 718. The van der Waals surface area contributed by atoms with Gasteiger partial charge in [-0.3, -0.25) is 4.79 Å². The predicted molar refractivity (Wildman–Crippen MR) is 118 cm³/mol. The van der Waals surface area contributed by atoms with Gasteiger partial charge in [-0.1, -0.05) is 44.2 Å². The quantitative estimate of drug-likeness (QED) is 0.566. The topological polar surface area (TPSA) is 99.1 Å². The number of β-amino-alcohol motifs (C(OH)–C–C–N with tert-alkyl or cyclic N) is 2. The second-order valence-corrected chi connectivity index (χ2v) is 10.4. The van der Waals surface area contributed by atoms with Crippen molar-refractivity contribution in [2.24, 2.45) is 5.92 Å². The van der Waals surface area contributed by atoms with Crippen LogP contribution in [0.3, 0.4) is 0 Å². The van der Waals surface area contributed by atoms with E-state index in [2.05, 4.69) is 5.32 Å². The molecule has 7 nitrogen and oxygen atoms in total. The molecule has 1 aliphatic rings. The van der Waals surface area contributed by atoms with Crippen LogP contribution in [0.5, 0.6) is 0 Å². The third-order valence-electron chi connectivity index (χ3n) is 4.63. The van der Waals surface area contributed by atoms with E-state index in [1.54, 1.807) is 20.8 Å². The van der Waals surface area contributed by atoms with E-state index in [0.29, 0.717) is 12.2 Å². The number of aliphatic hydroxyl groups is 2. The van der Waals surface area contributed by atoms with Crippen LogP contribution in [-0.2, 0) is 15.3 Å². The van der Waals surface area contributed by atoms with Gasteiger partial charge in [-0.15, -0.1) is 11.8 Å². The fraction of sp³-hybridized carbons (Fsp3) is 0.636. The molecule has 1 unspecified atom stereocenters. The van der Waals surface area contributed by atoms with Gasteiger partial charge in [0.1, 0.15) is 11.6 Å². The van der Waals surface area contributed by atoms with Gasteiger partial charge in [0.15, 0.2) is 5.79 Å². The molecule has 0 radical (unpaired) electrons. The number of likely N-dealkylation sites (tertiary alicyclic amines) is 1. The Balaban J connectivity index is 2.03. The highest BCUT2D eigenvalue weighted by Gasteiger charge is 2.47. The highest BCUT2D eigenvalue weighted by molar-refractivity contribution is 7.99. The number of rotatable bonds is 7. The summed E-state index contributed by atoms with van der Waals surface area (Å²) in [4.78, 5) is 26.8. The normalized spacial score (nSPS) is 19.6. The first-order valence-corrected chi connectivity index (χ1v) is 11.3. The summed E-state index contributed by atoms with van der Waals surface area (Å²) in [7, 11) is 0. The Kier molecular flexibility index (Phi) is 8.19. The Hall–Kier alpha value is -1.77. The van der Waals surface area contributed by atoms with E-state index in [4.69, 9.17) is 4.74 Å². The van der Waals surface area contributed by atoms with Crippen molar-refractivity contribution in [3.05, 3.63) is 35.9 Å². The fourth-order valence-corrected chi connectivity index (χ4v) is 4.49. The Morgan fingerprint density at radius 1 is 1.27 bits per heavy atom. The molecule has 0 saturated carbocycles. The molecule has 3 N–H and O–H groups in total. The maximum Gasteiger partial charge on any atom is 0.408 e. The summed E-state index contributed by atoms with van der Waals surface area (Å²) in [6.07, 6.45) is -0.227. The standard InChI is InChI=1S/C22H34N2O5S/c1-15(2)11-17(23-20(26)29-21(3,4)5)19(25)24-12-18(22(27,28)14-24)30-13-16-9-7-6-8-10-16/h6-10,15,17-18,27-28H,11-14H2,1-5H3,(H,23,26)/t17-,18?/m0/s1. The van der Waals surface area contributed by atoms with Crippen LogP contribution < -0.4 is 5.32 Å².